The van der Waals surface area contributed by atoms with Gasteiger partial charge in [-0.1, -0.05) is 30.7 Å². The molecule has 0 radical (unpaired) electrons. The summed E-state index contributed by atoms with van der Waals surface area (Å²) in [5.41, 5.74) is -0.427. The summed E-state index contributed by atoms with van der Waals surface area (Å²) in [6, 6.07) is 6.89. The molecule has 1 rings (SSSR count). The van der Waals surface area contributed by atoms with Gasteiger partial charge in [0.25, 0.3) is 0 Å². The molecule has 0 heterocycles. The number of halogens is 1. The van der Waals surface area contributed by atoms with Gasteiger partial charge in [-0.3, -0.25) is 5.32 Å². The zero-order chi connectivity index (χ0) is 11.5. The Morgan fingerprint density at radius 2 is 2.27 bits per heavy atom. The van der Waals surface area contributed by atoms with Crippen molar-refractivity contribution in [2.75, 3.05) is 6.54 Å². The second-order valence-corrected chi connectivity index (χ2v) is 3.91. The molecule has 0 saturated heterocycles. The van der Waals surface area contributed by atoms with Crippen LogP contribution >= 0.6 is 11.6 Å². The van der Waals surface area contributed by atoms with E-state index >= 15 is 0 Å². The highest BCUT2D eigenvalue weighted by molar-refractivity contribution is 6.30. The van der Waals surface area contributed by atoms with Crippen molar-refractivity contribution in [1.82, 2.24) is 5.32 Å². The van der Waals surface area contributed by atoms with E-state index in [0.29, 0.717) is 17.1 Å². The molecule has 4 heteroatoms. The molecule has 1 aromatic rings. The Morgan fingerprint density at radius 1 is 1.60 bits per heavy atom. The van der Waals surface area contributed by atoms with Crippen LogP contribution in [0.5, 0.6) is 0 Å². The maximum absolute atomic E-state index is 11.2. The van der Waals surface area contributed by atoms with Crippen LogP contribution in [0.4, 0.5) is 0 Å². The van der Waals surface area contributed by atoms with Crippen molar-refractivity contribution in [3.8, 4) is 0 Å². The molecule has 1 atom stereocenters. The van der Waals surface area contributed by atoms with Crippen LogP contribution in [0.15, 0.2) is 24.3 Å². The highest BCUT2D eigenvalue weighted by atomic mass is 35.5. The van der Waals surface area contributed by atoms with Crippen LogP contribution < -0.4 is 5.32 Å². The van der Waals surface area contributed by atoms with Crippen molar-refractivity contribution in [2.24, 2.45) is 0 Å². The van der Waals surface area contributed by atoms with Gasteiger partial charge < -0.3 is 5.11 Å². The topological polar surface area (TPSA) is 49.3 Å². The van der Waals surface area contributed by atoms with E-state index in [0.717, 1.165) is 0 Å². The summed E-state index contributed by atoms with van der Waals surface area (Å²) < 4.78 is 0. The van der Waals surface area contributed by atoms with Crippen molar-refractivity contribution in [2.45, 2.75) is 19.4 Å². The summed E-state index contributed by atoms with van der Waals surface area (Å²) in [6.45, 7) is 4.07. The quantitative estimate of drug-likeness (QED) is 0.830. The van der Waals surface area contributed by atoms with Crippen molar-refractivity contribution < 1.29 is 9.90 Å². The minimum atomic E-state index is -1.08. The molecule has 2 N–H and O–H groups in total. The molecule has 0 fully saturated rings. The Hall–Kier alpha value is -1.06. The first-order chi connectivity index (χ1) is 7.00. The second-order valence-electron chi connectivity index (χ2n) is 3.47. The fourth-order valence-electron chi connectivity index (χ4n) is 1.45. The van der Waals surface area contributed by atoms with E-state index in [4.69, 9.17) is 11.6 Å². The number of benzene rings is 1. The summed E-state index contributed by atoms with van der Waals surface area (Å²) in [5.74, 6) is -0.911. The van der Waals surface area contributed by atoms with Gasteiger partial charge in [-0.25, -0.2) is 4.79 Å². The first-order valence-corrected chi connectivity index (χ1v) is 5.13. The Kier molecular flexibility index (Phi) is 3.72. The molecule has 0 unspecified atom stereocenters. The molecule has 0 aromatic heterocycles. The summed E-state index contributed by atoms with van der Waals surface area (Å²) in [7, 11) is 0. The molecular formula is C11H14ClNO2. The summed E-state index contributed by atoms with van der Waals surface area (Å²) in [5, 5.41) is 12.7. The maximum Gasteiger partial charge on any atom is 0.328 e. The van der Waals surface area contributed by atoms with Crippen LogP contribution in [0.3, 0.4) is 0 Å². The van der Waals surface area contributed by atoms with Gasteiger partial charge in [0.15, 0.2) is 0 Å². The zero-order valence-corrected chi connectivity index (χ0v) is 9.51. The van der Waals surface area contributed by atoms with E-state index in [1.165, 1.54) is 0 Å². The lowest BCUT2D eigenvalue weighted by molar-refractivity contribution is -0.144. The molecule has 1 aromatic carbocycles. The first kappa shape index (κ1) is 12.0. The van der Waals surface area contributed by atoms with Gasteiger partial charge in [0.1, 0.15) is 5.54 Å². The molecule has 0 aliphatic rings. The van der Waals surface area contributed by atoms with Crippen LogP contribution in [0.2, 0.25) is 5.02 Å². The van der Waals surface area contributed by atoms with E-state index < -0.39 is 11.5 Å². The first-order valence-electron chi connectivity index (χ1n) is 4.75. The van der Waals surface area contributed by atoms with Crippen molar-refractivity contribution >= 4 is 17.6 Å². The third-order valence-corrected chi connectivity index (χ3v) is 2.60. The van der Waals surface area contributed by atoms with Crippen molar-refractivity contribution in [1.29, 1.82) is 0 Å². The van der Waals surface area contributed by atoms with Gasteiger partial charge in [-0.05, 0) is 31.2 Å². The normalized spacial score (nSPS) is 14.6. The predicted molar refractivity (Wildman–Crippen MR) is 60.1 cm³/mol. The summed E-state index contributed by atoms with van der Waals surface area (Å²) >= 11 is 5.84. The summed E-state index contributed by atoms with van der Waals surface area (Å²) in [6.07, 6.45) is 0. The fraction of sp³-hybridized carbons (Fsp3) is 0.364. The molecule has 82 valence electrons. The number of likely N-dealkylation sites (N-methyl/N-ethyl adjacent to an activating group) is 1. The van der Waals surface area contributed by atoms with Gasteiger partial charge in [0.05, 0.1) is 0 Å². The van der Waals surface area contributed by atoms with Gasteiger partial charge in [-0.15, -0.1) is 0 Å². The van der Waals surface area contributed by atoms with Crippen molar-refractivity contribution in [3.05, 3.63) is 34.9 Å². The van der Waals surface area contributed by atoms with E-state index in [-0.39, 0.29) is 0 Å². The number of nitrogens with one attached hydrogen (secondary N) is 1. The Labute approximate surface area is 94.1 Å². The molecule has 3 nitrogen and oxygen atoms in total. The molecule has 0 aliphatic heterocycles. The monoisotopic (exact) mass is 227 g/mol. The Morgan fingerprint density at radius 3 is 2.73 bits per heavy atom. The van der Waals surface area contributed by atoms with Crippen LogP contribution in [0.25, 0.3) is 0 Å². The Bertz CT molecular complexity index is 367. The Balaban J connectivity index is 3.15. The minimum Gasteiger partial charge on any atom is -0.480 e. The number of hydrogen-bond donors (Lipinski definition) is 2. The largest absolute Gasteiger partial charge is 0.480 e. The number of carbonyl (C=O) groups is 1. The van der Waals surface area contributed by atoms with Gasteiger partial charge >= 0.3 is 5.97 Å². The second kappa shape index (κ2) is 4.64. The van der Waals surface area contributed by atoms with E-state index in [9.17, 15) is 9.90 Å². The highest BCUT2D eigenvalue weighted by Gasteiger charge is 2.34. The van der Waals surface area contributed by atoms with Crippen molar-refractivity contribution in [3.63, 3.8) is 0 Å². The fourth-order valence-corrected chi connectivity index (χ4v) is 1.64. The molecule has 15 heavy (non-hydrogen) atoms. The number of carboxylic acid groups (broad SMARTS) is 1. The standard InChI is InChI=1S/C11H14ClNO2/c1-3-13-11(2,10(14)15)8-5-4-6-9(12)7-8/h4-7,13H,3H2,1-2H3,(H,14,15)/t11-/m1/s1. The number of rotatable bonds is 4. The SMILES string of the molecule is CCN[C@@](C)(C(=O)O)c1cccc(Cl)c1. The number of carboxylic acids is 1. The lowest BCUT2D eigenvalue weighted by Gasteiger charge is -2.26. The maximum atomic E-state index is 11.2. The molecule has 0 bridgehead atoms. The third kappa shape index (κ3) is 2.49. The average Bonchev–Trinajstić information content (AvgIpc) is 2.17. The molecular weight excluding hydrogens is 214 g/mol. The molecule has 0 saturated carbocycles. The zero-order valence-electron chi connectivity index (χ0n) is 8.75. The number of aliphatic carboxylic acids is 1. The van der Waals surface area contributed by atoms with Gasteiger partial charge in [-0.2, -0.15) is 0 Å². The number of hydrogen-bond acceptors (Lipinski definition) is 2. The smallest absolute Gasteiger partial charge is 0.328 e. The van der Waals surface area contributed by atoms with Gasteiger partial charge in [0.2, 0.25) is 0 Å². The molecule has 0 spiro atoms. The van der Waals surface area contributed by atoms with E-state index in [1.807, 2.05) is 6.92 Å². The lowest BCUT2D eigenvalue weighted by atomic mass is 9.92. The summed E-state index contributed by atoms with van der Waals surface area (Å²) in [4.78, 5) is 11.2. The van der Waals surface area contributed by atoms with Gasteiger partial charge in [0, 0.05) is 5.02 Å². The predicted octanol–water partition coefficient (Wildman–Crippen LogP) is 2.25. The average molecular weight is 228 g/mol. The van der Waals surface area contributed by atoms with Crippen LogP contribution in [0, 0.1) is 0 Å². The minimum absolute atomic E-state index is 0.540. The van der Waals surface area contributed by atoms with Crippen LogP contribution in [-0.2, 0) is 10.3 Å². The molecule has 0 amide bonds. The molecule has 0 aliphatic carbocycles. The third-order valence-electron chi connectivity index (χ3n) is 2.36. The van der Waals surface area contributed by atoms with Crippen LogP contribution in [0.1, 0.15) is 19.4 Å². The van der Waals surface area contributed by atoms with Crippen LogP contribution in [-0.4, -0.2) is 17.6 Å². The van der Waals surface area contributed by atoms with E-state index in [2.05, 4.69) is 5.32 Å². The highest BCUT2D eigenvalue weighted by Crippen LogP contribution is 2.23. The lowest BCUT2D eigenvalue weighted by Crippen LogP contribution is -2.46. The van der Waals surface area contributed by atoms with E-state index in [1.54, 1.807) is 31.2 Å².